The van der Waals surface area contributed by atoms with Crippen molar-refractivity contribution in [2.75, 3.05) is 51.3 Å². The summed E-state index contributed by atoms with van der Waals surface area (Å²) in [5.41, 5.74) is 1.36. The van der Waals surface area contributed by atoms with Gasteiger partial charge in [0.15, 0.2) is 0 Å². The molecule has 3 fully saturated rings. The molecule has 4 rings (SSSR count). The Hall–Kier alpha value is -1.59. The average Bonchev–Trinajstić information content (AvgIpc) is 2.76. The summed E-state index contributed by atoms with van der Waals surface area (Å²) in [7, 11) is 1.74. The van der Waals surface area contributed by atoms with Crippen LogP contribution in [0.5, 0.6) is 0 Å². The van der Waals surface area contributed by atoms with Crippen LogP contribution >= 0.6 is 0 Å². The van der Waals surface area contributed by atoms with Crippen molar-refractivity contribution < 1.29 is 9.53 Å². The molecule has 0 aliphatic carbocycles. The van der Waals surface area contributed by atoms with Crippen molar-refractivity contribution in [2.24, 2.45) is 5.92 Å². The zero-order chi connectivity index (χ0) is 19.3. The molecule has 5 heteroatoms. The van der Waals surface area contributed by atoms with E-state index in [-0.39, 0.29) is 0 Å². The maximum atomic E-state index is 12.5. The molecule has 2 atom stereocenters. The minimum atomic E-state index is 0.363. The highest BCUT2D eigenvalue weighted by atomic mass is 16.5. The largest absolute Gasteiger partial charge is 0.385 e. The standard InChI is InChI=1S/C23H35N3O2/c1-28-17-5-13-26-22-12-16-25(18-19(22)8-9-23(26)27)21-10-14-24(15-11-21)20-6-3-2-4-7-20/h2-4,6-7,19,21-22H,5,8-18H2,1H3. The van der Waals surface area contributed by atoms with Gasteiger partial charge in [-0.2, -0.15) is 0 Å². The van der Waals surface area contributed by atoms with Gasteiger partial charge in [0, 0.05) is 70.6 Å². The highest BCUT2D eigenvalue weighted by Crippen LogP contribution is 2.34. The summed E-state index contributed by atoms with van der Waals surface area (Å²) in [6.45, 7) is 6.23. The van der Waals surface area contributed by atoms with Gasteiger partial charge in [-0.3, -0.25) is 9.69 Å². The number of hydrogen-bond acceptors (Lipinski definition) is 4. The molecule has 0 radical (unpaired) electrons. The first kappa shape index (κ1) is 19.7. The fraction of sp³-hybridized carbons (Fsp3) is 0.696. The van der Waals surface area contributed by atoms with Gasteiger partial charge in [0.2, 0.25) is 5.91 Å². The molecule has 0 spiro atoms. The van der Waals surface area contributed by atoms with E-state index in [1.54, 1.807) is 7.11 Å². The number of carbonyl (C=O) groups is 1. The number of rotatable bonds is 6. The Morgan fingerprint density at radius 3 is 2.57 bits per heavy atom. The SMILES string of the molecule is COCCCN1C(=O)CCC2CN(C3CCN(c4ccccc4)CC3)CCC21. The van der Waals surface area contributed by atoms with Crippen LogP contribution in [0.2, 0.25) is 0 Å². The van der Waals surface area contributed by atoms with Gasteiger partial charge in [-0.25, -0.2) is 0 Å². The maximum absolute atomic E-state index is 12.5. The molecule has 1 aromatic carbocycles. The number of methoxy groups -OCH3 is 1. The van der Waals surface area contributed by atoms with Gasteiger partial charge in [0.25, 0.3) is 0 Å². The van der Waals surface area contributed by atoms with E-state index >= 15 is 0 Å². The third-order valence-corrected chi connectivity index (χ3v) is 7.02. The Balaban J connectivity index is 1.30. The number of likely N-dealkylation sites (tertiary alicyclic amines) is 2. The minimum Gasteiger partial charge on any atom is -0.385 e. The van der Waals surface area contributed by atoms with E-state index in [4.69, 9.17) is 4.74 Å². The van der Waals surface area contributed by atoms with Gasteiger partial charge in [0.05, 0.1) is 0 Å². The Bertz CT molecular complexity index is 630. The Morgan fingerprint density at radius 2 is 1.82 bits per heavy atom. The number of carbonyl (C=O) groups excluding carboxylic acids is 1. The van der Waals surface area contributed by atoms with E-state index in [2.05, 4.69) is 45.0 Å². The van der Waals surface area contributed by atoms with Gasteiger partial charge in [-0.15, -0.1) is 0 Å². The molecule has 2 unspecified atom stereocenters. The molecule has 3 saturated heterocycles. The van der Waals surface area contributed by atoms with Crippen molar-refractivity contribution in [1.29, 1.82) is 0 Å². The number of amides is 1. The van der Waals surface area contributed by atoms with E-state index in [0.29, 0.717) is 23.9 Å². The molecule has 3 aliphatic heterocycles. The first-order valence-electron chi connectivity index (χ1n) is 11.1. The van der Waals surface area contributed by atoms with Crippen LogP contribution in [0.25, 0.3) is 0 Å². The third kappa shape index (κ3) is 4.36. The summed E-state index contributed by atoms with van der Waals surface area (Å²) in [6, 6.07) is 12.0. The summed E-state index contributed by atoms with van der Waals surface area (Å²) in [5, 5.41) is 0. The lowest BCUT2D eigenvalue weighted by molar-refractivity contribution is -0.141. The molecule has 0 aromatic heterocycles. The van der Waals surface area contributed by atoms with Crippen LogP contribution in [0.15, 0.2) is 30.3 Å². The summed E-state index contributed by atoms with van der Waals surface area (Å²) < 4.78 is 5.19. The second-order valence-corrected chi connectivity index (χ2v) is 8.64. The predicted octanol–water partition coefficient (Wildman–Crippen LogP) is 3.00. The van der Waals surface area contributed by atoms with Crippen LogP contribution < -0.4 is 4.90 Å². The fourth-order valence-corrected chi connectivity index (χ4v) is 5.51. The molecular formula is C23H35N3O2. The molecule has 0 N–H and O–H groups in total. The molecule has 0 saturated carbocycles. The smallest absolute Gasteiger partial charge is 0.222 e. The van der Waals surface area contributed by atoms with Crippen molar-refractivity contribution >= 4 is 11.6 Å². The van der Waals surface area contributed by atoms with Gasteiger partial charge in [-0.1, -0.05) is 18.2 Å². The average molecular weight is 386 g/mol. The third-order valence-electron chi connectivity index (χ3n) is 7.02. The van der Waals surface area contributed by atoms with E-state index in [1.807, 2.05) is 0 Å². The number of piperidine rings is 3. The Morgan fingerprint density at radius 1 is 1.04 bits per heavy atom. The summed E-state index contributed by atoms with van der Waals surface area (Å²) in [5.74, 6) is 1.02. The van der Waals surface area contributed by atoms with Crippen molar-refractivity contribution in [3.8, 4) is 0 Å². The zero-order valence-corrected chi connectivity index (χ0v) is 17.3. The molecule has 3 heterocycles. The van der Waals surface area contributed by atoms with Crippen LogP contribution in [0.1, 0.15) is 38.5 Å². The van der Waals surface area contributed by atoms with Crippen molar-refractivity contribution in [2.45, 2.75) is 50.6 Å². The number of anilines is 1. The second kappa shape index (κ2) is 9.27. The fourth-order valence-electron chi connectivity index (χ4n) is 5.51. The van der Waals surface area contributed by atoms with Crippen molar-refractivity contribution in [1.82, 2.24) is 9.80 Å². The lowest BCUT2D eigenvalue weighted by atomic mass is 9.82. The van der Waals surface area contributed by atoms with Gasteiger partial charge in [0.1, 0.15) is 0 Å². The summed E-state index contributed by atoms with van der Waals surface area (Å²) in [6.07, 6.45) is 6.40. The second-order valence-electron chi connectivity index (χ2n) is 8.64. The molecule has 1 amide bonds. The number of benzene rings is 1. The van der Waals surface area contributed by atoms with E-state index in [9.17, 15) is 4.79 Å². The number of hydrogen-bond donors (Lipinski definition) is 0. The number of fused-ring (bicyclic) bond motifs is 1. The van der Waals surface area contributed by atoms with Crippen LogP contribution in [0.4, 0.5) is 5.69 Å². The Labute approximate surface area is 169 Å². The molecule has 1 aromatic rings. The molecule has 5 nitrogen and oxygen atoms in total. The number of para-hydroxylation sites is 1. The van der Waals surface area contributed by atoms with Crippen LogP contribution in [-0.4, -0.2) is 74.2 Å². The monoisotopic (exact) mass is 385 g/mol. The minimum absolute atomic E-state index is 0.363. The molecule has 0 bridgehead atoms. The highest BCUT2D eigenvalue weighted by molar-refractivity contribution is 5.77. The van der Waals surface area contributed by atoms with E-state index in [0.717, 1.165) is 58.5 Å². The number of nitrogens with zero attached hydrogens (tertiary/aromatic N) is 3. The van der Waals surface area contributed by atoms with Gasteiger partial charge < -0.3 is 14.5 Å². The lowest BCUT2D eigenvalue weighted by Gasteiger charge is -2.50. The highest BCUT2D eigenvalue weighted by Gasteiger charge is 2.40. The normalized spacial score (nSPS) is 27.1. The van der Waals surface area contributed by atoms with E-state index < -0.39 is 0 Å². The molecule has 3 aliphatic rings. The van der Waals surface area contributed by atoms with Gasteiger partial charge >= 0.3 is 0 Å². The zero-order valence-electron chi connectivity index (χ0n) is 17.3. The first-order chi connectivity index (χ1) is 13.8. The van der Waals surface area contributed by atoms with Crippen LogP contribution in [0, 0.1) is 5.92 Å². The Kier molecular flexibility index (Phi) is 6.53. The van der Waals surface area contributed by atoms with Gasteiger partial charge in [-0.05, 0) is 50.2 Å². The quantitative estimate of drug-likeness (QED) is 0.706. The number of ether oxygens (including phenoxy) is 1. The lowest BCUT2D eigenvalue weighted by Crippen LogP contribution is -2.58. The molecular weight excluding hydrogens is 350 g/mol. The molecule has 154 valence electrons. The maximum Gasteiger partial charge on any atom is 0.222 e. The van der Waals surface area contributed by atoms with Crippen molar-refractivity contribution in [3.05, 3.63) is 30.3 Å². The van der Waals surface area contributed by atoms with Crippen molar-refractivity contribution in [3.63, 3.8) is 0 Å². The molecule has 28 heavy (non-hydrogen) atoms. The van der Waals surface area contributed by atoms with Crippen LogP contribution in [-0.2, 0) is 9.53 Å². The predicted molar refractivity (Wildman–Crippen MR) is 113 cm³/mol. The summed E-state index contributed by atoms with van der Waals surface area (Å²) in [4.78, 5) is 19.9. The topological polar surface area (TPSA) is 36.0 Å². The first-order valence-corrected chi connectivity index (χ1v) is 11.1. The van der Waals surface area contributed by atoms with Crippen LogP contribution in [0.3, 0.4) is 0 Å². The van der Waals surface area contributed by atoms with E-state index in [1.165, 1.54) is 25.1 Å². The summed E-state index contributed by atoms with van der Waals surface area (Å²) >= 11 is 0.